The molecule has 0 radical (unpaired) electrons. The molecule has 1 atom stereocenters. The van der Waals surface area contributed by atoms with Crippen molar-refractivity contribution in [3.63, 3.8) is 0 Å². The van der Waals surface area contributed by atoms with Gasteiger partial charge in [0, 0.05) is 11.3 Å². The van der Waals surface area contributed by atoms with E-state index < -0.39 is 6.04 Å². The van der Waals surface area contributed by atoms with E-state index in [0.717, 1.165) is 11.3 Å². The van der Waals surface area contributed by atoms with E-state index in [0.29, 0.717) is 17.5 Å². The van der Waals surface area contributed by atoms with Gasteiger partial charge in [-0.15, -0.1) is 5.10 Å². The van der Waals surface area contributed by atoms with Crippen LogP contribution in [0.3, 0.4) is 0 Å². The lowest BCUT2D eigenvalue weighted by atomic mass is 10.2. The van der Waals surface area contributed by atoms with Gasteiger partial charge in [-0.05, 0) is 36.4 Å². The van der Waals surface area contributed by atoms with Crippen molar-refractivity contribution in [1.29, 1.82) is 0 Å². The smallest absolute Gasteiger partial charge is 0.252 e. The first-order chi connectivity index (χ1) is 13.1. The second-order valence-corrected chi connectivity index (χ2v) is 6.06. The second kappa shape index (κ2) is 6.91. The van der Waals surface area contributed by atoms with E-state index in [1.54, 1.807) is 19.2 Å². The number of hydrogen-bond acceptors (Lipinski definition) is 5. The number of rotatable bonds is 5. The Morgan fingerprint density at radius 1 is 1.19 bits per heavy atom. The number of carbonyl (C=O) groups excluding carboxylic acids is 2. The summed E-state index contributed by atoms with van der Waals surface area (Å²) < 4.78 is 6.61. The summed E-state index contributed by atoms with van der Waals surface area (Å²) in [5, 5.41) is 9.86. The molecule has 2 heterocycles. The van der Waals surface area contributed by atoms with Gasteiger partial charge in [0.05, 0.1) is 13.5 Å². The zero-order valence-electron chi connectivity index (χ0n) is 14.5. The van der Waals surface area contributed by atoms with Gasteiger partial charge < -0.3 is 10.1 Å². The molecule has 0 aliphatic carbocycles. The van der Waals surface area contributed by atoms with Crippen LogP contribution in [-0.4, -0.2) is 33.7 Å². The molecule has 1 aromatic heterocycles. The number of aromatic nitrogens is 3. The molecule has 1 aliphatic rings. The Morgan fingerprint density at radius 3 is 2.63 bits per heavy atom. The van der Waals surface area contributed by atoms with Crippen LogP contribution in [0.4, 0.5) is 11.6 Å². The van der Waals surface area contributed by atoms with Crippen LogP contribution in [0, 0.1) is 0 Å². The third-order valence-corrected chi connectivity index (χ3v) is 4.25. The highest BCUT2D eigenvalue weighted by molar-refractivity contribution is 6.01. The zero-order chi connectivity index (χ0) is 18.8. The normalized spacial score (nSPS) is 15.1. The van der Waals surface area contributed by atoms with Crippen LogP contribution in [0.2, 0.25) is 0 Å². The average molecular weight is 363 g/mol. The number of nitrogens with one attached hydrogen (secondary N) is 2. The molecule has 136 valence electrons. The maximum absolute atomic E-state index is 12.3. The number of hydrogen-bond donors (Lipinski definition) is 2. The molecule has 2 N–H and O–H groups in total. The van der Waals surface area contributed by atoms with Crippen LogP contribution < -0.4 is 15.4 Å². The Bertz CT molecular complexity index is 982. The molecule has 0 saturated carbocycles. The number of amides is 2. The monoisotopic (exact) mass is 363 g/mol. The van der Waals surface area contributed by atoms with Crippen molar-refractivity contribution in [2.45, 2.75) is 12.5 Å². The first-order valence-corrected chi connectivity index (χ1v) is 8.41. The lowest BCUT2D eigenvalue weighted by molar-refractivity contribution is -0.123. The van der Waals surface area contributed by atoms with Crippen LogP contribution >= 0.6 is 0 Å². The molecular weight excluding hydrogens is 346 g/mol. The standard InChI is InChI=1S/C19H17N5O3/c1-27-14-9-7-12(8-10-14)17-21-19-22-18(26)15(24(19)23-17)11-16(25)20-13-5-3-2-4-6-13/h2-10,15H,11H2,1H3,(H,20,25)(H,21,22,23,26)/t15-/m0/s1. The molecule has 1 aliphatic heterocycles. The highest BCUT2D eigenvalue weighted by Gasteiger charge is 2.35. The predicted octanol–water partition coefficient (Wildman–Crippen LogP) is 2.48. The topological polar surface area (TPSA) is 98.1 Å². The summed E-state index contributed by atoms with van der Waals surface area (Å²) in [6.45, 7) is 0. The minimum Gasteiger partial charge on any atom is -0.497 e. The van der Waals surface area contributed by atoms with Crippen LogP contribution in [0.15, 0.2) is 54.6 Å². The van der Waals surface area contributed by atoms with Crippen LogP contribution in [0.1, 0.15) is 12.5 Å². The molecule has 0 bridgehead atoms. The molecule has 0 saturated heterocycles. The van der Waals surface area contributed by atoms with Gasteiger partial charge in [-0.2, -0.15) is 4.98 Å². The fraction of sp³-hybridized carbons (Fsp3) is 0.158. The van der Waals surface area contributed by atoms with E-state index in [-0.39, 0.29) is 18.2 Å². The highest BCUT2D eigenvalue weighted by Crippen LogP contribution is 2.29. The van der Waals surface area contributed by atoms with Crippen LogP contribution in [-0.2, 0) is 9.59 Å². The van der Waals surface area contributed by atoms with Crippen molar-refractivity contribution in [1.82, 2.24) is 14.8 Å². The molecule has 8 heteroatoms. The molecule has 3 aromatic rings. The molecule has 2 aromatic carbocycles. The van der Waals surface area contributed by atoms with E-state index in [9.17, 15) is 9.59 Å². The quantitative estimate of drug-likeness (QED) is 0.726. The summed E-state index contributed by atoms with van der Waals surface area (Å²) >= 11 is 0. The van der Waals surface area contributed by atoms with Gasteiger partial charge >= 0.3 is 0 Å². The number of nitrogens with zero attached hydrogens (tertiary/aromatic N) is 3. The van der Waals surface area contributed by atoms with Gasteiger partial charge in [0.2, 0.25) is 11.9 Å². The summed E-state index contributed by atoms with van der Waals surface area (Å²) in [4.78, 5) is 28.9. The predicted molar refractivity (Wildman–Crippen MR) is 99.4 cm³/mol. The fourth-order valence-electron chi connectivity index (χ4n) is 2.88. The molecular formula is C19H17N5O3. The Kier molecular flexibility index (Phi) is 4.29. The van der Waals surface area contributed by atoms with Crippen molar-refractivity contribution in [3.8, 4) is 17.1 Å². The summed E-state index contributed by atoms with van der Waals surface area (Å²) in [5.41, 5.74) is 1.47. The maximum Gasteiger partial charge on any atom is 0.252 e. The number of carbonyl (C=O) groups is 2. The van der Waals surface area contributed by atoms with Gasteiger partial charge in [0.1, 0.15) is 11.8 Å². The first kappa shape index (κ1) is 16.8. The lowest BCUT2D eigenvalue weighted by Gasteiger charge is -2.09. The van der Waals surface area contributed by atoms with Gasteiger partial charge in [-0.25, -0.2) is 4.68 Å². The Balaban J connectivity index is 1.52. The summed E-state index contributed by atoms with van der Waals surface area (Å²) in [6, 6.07) is 15.7. The third-order valence-electron chi connectivity index (χ3n) is 4.25. The van der Waals surface area contributed by atoms with Crippen molar-refractivity contribution >= 4 is 23.5 Å². The third kappa shape index (κ3) is 3.37. The number of methoxy groups -OCH3 is 1. The number of fused-ring (bicyclic) bond motifs is 1. The Labute approximate surface area is 155 Å². The SMILES string of the molecule is COc1ccc(-c2nc3n(n2)[C@@H](CC(=O)Nc2ccccc2)C(=O)N3)cc1. The molecule has 27 heavy (non-hydrogen) atoms. The summed E-state index contributed by atoms with van der Waals surface area (Å²) in [7, 11) is 1.60. The van der Waals surface area contributed by atoms with Gasteiger partial charge in [0.15, 0.2) is 5.82 Å². The number of anilines is 2. The molecule has 0 fully saturated rings. The lowest BCUT2D eigenvalue weighted by Crippen LogP contribution is -2.23. The number of ether oxygens (including phenoxy) is 1. The number of benzene rings is 2. The molecule has 0 spiro atoms. The van der Waals surface area contributed by atoms with E-state index in [2.05, 4.69) is 20.7 Å². The van der Waals surface area contributed by atoms with E-state index >= 15 is 0 Å². The minimum absolute atomic E-state index is 0.0286. The van der Waals surface area contributed by atoms with Gasteiger partial charge in [-0.3, -0.25) is 14.9 Å². The maximum atomic E-state index is 12.3. The molecule has 0 unspecified atom stereocenters. The van der Waals surface area contributed by atoms with E-state index in [1.165, 1.54) is 4.68 Å². The fourth-order valence-corrected chi connectivity index (χ4v) is 2.88. The molecule has 8 nitrogen and oxygen atoms in total. The van der Waals surface area contributed by atoms with Crippen LogP contribution in [0.5, 0.6) is 5.75 Å². The Hall–Kier alpha value is -3.68. The first-order valence-electron chi connectivity index (χ1n) is 8.41. The van der Waals surface area contributed by atoms with E-state index in [1.807, 2.05) is 42.5 Å². The molecule has 4 rings (SSSR count). The Morgan fingerprint density at radius 2 is 1.93 bits per heavy atom. The zero-order valence-corrected chi connectivity index (χ0v) is 14.5. The summed E-state index contributed by atoms with van der Waals surface area (Å²) in [6.07, 6.45) is -0.0286. The van der Waals surface area contributed by atoms with Crippen LogP contribution in [0.25, 0.3) is 11.4 Å². The van der Waals surface area contributed by atoms with Crippen molar-refractivity contribution in [3.05, 3.63) is 54.6 Å². The second-order valence-electron chi connectivity index (χ2n) is 6.06. The number of para-hydroxylation sites is 1. The highest BCUT2D eigenvalue weighted by atomic mass is 16.5. The van der Waals surface area contributed by atoms with Gasteiger partial charge in [0.25, 0.3) is 5.91 Å². The van der Waals surface area contributed by atoms with Crippen molar-refractivity contribution in [2.75, 3.05) is 17.7 Å². The van der Waals surface area contributed by atoms with Crippen molar-refractivity contribution < 1.29 is 14.3 Å². The van der Waals surface area contributed by atoms with Gasteiger partial charge in [-0.1, -0.05) is 18.2 Å². The van der Waals surface area contributed by atoms with E-state index in [4.69, 9.17) is 4.74 Å². The largest absolute Gasteiger partial charge is 0.497 e. The average Bonchev–Trinajstić information content (AvgIpc) is 3.21. The minimum atomic E-state index is -0.733. The summed E-state index contributed by atoms with van der Waals surface area (Å²) in [5.74, 6) is 0.976. The van der Waals surface area contributed by atoms with Crippen molar-refractivity contribution in [2.24, 2.45) is 0 Å². The molecule has 2 amide bonds.